The largest absolute Gasteiger partial charge is 0.496 e. The van der Waals surface area contributed by atoms with Crippen LogP contribution in [0, 0.1) is 12.7 Å². The van der Waals surface area contributed by atoms with Gasteiger partial charge < -0.3 is 10.1 Å². The van der Waals surface area contributed by atoms with Crippen molar-refractivity contribution in [2.45, 2.75) is 19.4 Å². The molecule has 0 spiro atoms. The van der Waals surface area contributed by atoms with Gasteiger partial charge in [0.25, 0.3) is 0 Å². The van der Waals surface area contributed by atoms with Crippen molar-refractivity contribution in [1.29, 1.82) is 0 Å². The summed E-state index contributed by atoms with van der Waals surface area (Å²) >= 11 is 0. The highest BCUT2D eigenvalue weighted by atomic mass is 19.1. The van der Waals surface area contributed by atoms with Gasteiger partial charge in [0.2, 0.25) is 0 Å². The van der Waals surface area contributed by atoms with Gasteiger partial charge in [-0.25, -0.2) is 4.39 Å². The number of ether oxygens (including phenoxy) is 1. The van der Waals surface area contributed by atoms with Crippen molar-refractivity contribution >= 4 is 0 Å². The van der Waals surface area contributed by atoms with Gasteiger partial charge in [0.1, 0.15) is 11.6 Å². The van der Waals surface area contributed by atoms with Gasteiger partial charge in [-0.05, 0) is 43.7 Å². The zero-order valence-electron chi connectivity index (χ0n) is 12.1. The highest BCUT2D eigenvalue weighted by Gasteiger charge is 2.19. The highest BCUT2D eigenvalue weighted by Crippen LogP contribution is 2.30. The minimum absolute atomic E-state index is 0.118. The summed E-state index contributed by atoms with van der Waals surface area (Å²) in [7, 11) is 3.41. The van der Waals surface area contributed by atoms with E-state index >= 15 is 0 Å². The SMILES string of the molecule is CNC(Cc1ccccc1C)c1c(F)cccc1OC. The third-order valence-corrected chi connectivity index (χ3v) is 3.62. The predicted molar refractivity (Wildman–Crippen MR) is 79.6 cm³/mol. The van der Waals surface area contributed by atoms with Gasteiger partial charge in [0.15, 0.2) is 0 Å². The lowest BCUT2D eigenvalue weighted by atomic mass is 9.95. The second kappa shape index (κ2) is 6.53. The van der Waals surface area contributed by atoms with Crippen molar-refractivity contribution in [2.75, 3.05) is 14.2 Å². The van der Waals surface area contributed by atoms with E-state index in [1.807, 2.05) is 19.2 Å². The molecule has 1 N–H and O–H groups in total. The summed E-state index contributed by atoms with van der Waals surface area (Å²) in [5.74, 6) is 0.343. The van der Waals surface area contributed by atoms with Gasteiger partial charge >= 0.3 is 0 Å². The van der Waals surface area contributed by atoms with Crippen LogP contribution in [-0.4, -0.2) is 14.2 Å². The molecule has 20 heavy (non-hydrogen) atoms. The average Bonchev–Trinajstić information content (AvgIpc) is 2.47. The predicted octanol–water partition coefficient (Wildman–Crippen LogP) is 3.65. The number of nitrogens with one attached hydrogen (secondary N) is 1. The molecule has 2 nitrogen and oxygen atoms in total. The number of halogens is 1. The second-order valence-corrected chi connectivity index (χ2v) is 4.83. The Hall–Kier alpha value is -1.87. The summed E-state index contributed by atoms with van der Waals surface area (Å²) < 4.78 is 19.5. The van der Waals surface area contributed by atoms with E-state index in [9.17, 15) is 4.39 Å². The van der Waals surface area contributed by atoms with Gasteiger partial charge in [0.05, 0.1) is 7.11 Å². The number of methoxy groups -OCH3 is 1. The Morgan fingerprint density at radius 2 is 1.90 bits per heavy atom. The number of hydrogen-bond acceptors (Lipinski definition) is 2. The zero-order chi connectivity index (χ0) is 14.5. The van der Waals surface area contributed by atoms with Crippen LogP contribution in [0.25, 0.3) is 0 Å². The normalized spacial score (nSPS) is 12.2. The van der Waals surface area contributed by atoms with Crippen molar-refractivity contribution in [3.05, 3.63) is 65.0 Å². The maximum Gasteiger partial charge on any atom is 0.131 e. The molecule has 0 aromatic heterocycles. The van der Waals surface area contributed by atoms with Crippen LogP contribution in [0.2, 0.25) is 0 Å². The first kappa shape index (κ1) is 14.5. The van der Waals surface area contributed by atoms with Crippen LogP contribution in [-0.2, 0) is 6.42 Å². The Balaban J connectivity index is 2.36. The smallest absolute Gasteiger partial charge is 0.131 e. The van der Waals surface area contributed by atoms with Crippen LogP contribution in [0.4, 0.5) is 4.39 Å². The first-order valence-corrected chi connectivity index (χ1v) is 6.71. The number of aryl methyl sites for hydroxylation is 1. The molecule has 0 saturated carbocycles. The molecule has 0 fully saturated rings. The Morgan fingerprint density at radius 3 is 2.55 bits per heavy atom. The Bertz CT molecular complexity index is 583. The molecule has 2 rings (SSSR count). The van der Waals surface area contributed by atoms with E-state index < -0.39 is 0 Å². The van der Waals surface area contributed by atoms with E-state index in [1.165, 1.54) is 17.2 Å². The molecular weight excluding hydrogens is 253 g/mol. The molecule has 2 aromatic carbocycles. The summed E-state index contributed by atoms with van der Waals surface area (Å²) in [5.41, 5.74) is 3.00. The van der Waals surface area contributed by atoms with Crippen LogP contribution in [0.15, 0.2) is 42.5 Å². The maximum absolute atomic E-state index is 14.2. The first-order valence-electron chi connectivity index (χ1n) is 6.71. The summed E-state index contributed by atoms with van der Waals surface area (Å²) in [6.07, 6.45) is 0.723. The van der Waals surface area contributed by atoms with Crippen LogP contribution in [0.5, 0.6) is 5.75 Å². The first-order chi connectivity index (χ1) is 9.67. The van der Waals surface area contributed by atoms with Crippen molar-refractivity contribution < 1.29 is 9.13 Å². The summed E-state index contributed by atoms with van der Waals surface area (Å²) in [6, 6.07) is 13.0. The van der Waals surface area contributed by atoms with Crippen molar-refractivity contribution in [2.24, 2.45) is 0 Å². The van der Waals surface area contributed by atoms with Crippen LogP contribution < -0.4 is 10.1 Å². The van der Waals surface area contributed by atoms with E-state index in [-0.39, 0.29) is 11.9 Å². The lowest BCUT2D eigenvalue weighted by Gasteiger charge is -2.21. The van der Waals surface area contributed by atoms with Gasteiger partial charge in [0, 0.05) is 11.6 Å². The molecule has 0 heterocycles. The molecule has 3 heteroatoms. The minimum Gasteiger partial charge on any atom is -0.496 e. The lowest BCUT2D eigenvalue weighted by Crippen LogP contribution is -2.21. The molecule has 0 aliphatic carbocycles. The van der Waals surface area contributed by atoms with Crippen LogP contribution in [0.3, 0.4) is 0 Å². The quantitative estimate of drug-likeness (QED) is 0.898. The zero-order valence-corrected chi connectivity index (χ0v) is 12.1. The summed E-state index contributed by atoms with van der Waals surface area (Å²) in [5, 5.41) is 3.19. The Morgan fingerprint density at radius 1 is 1.15 bits per heavy atom. The molecular formula is C17H20FNO. The number of rotatable bonds is 5. The fourth-order valence-corrected chi connectivity index (χ4v) is 2.44. The number of hydrogen-bond donors (Lipinski definition) is 1. The summed E-state index contributed by atoms with van der Waals surface area (Å²) in [6.45, 7) is 2.07. The summed E-state index contributed by atoms with van der Waals surface area (Å²) in [4.78, 5) is 0. The third-order valence-electron chi connectivity index (χ3n) is 3.62. The minimum atomic E-state index is -0.239. The fourth-order valence-electron chi connectivity index (χ4n) is 2.44. The molecule has 1 unspecified atom stereocenters. The van der Waals surface area contributed by atoms with E-state index in [2.05, 4.69) is 24.4 Å². The van der Waals surface area contributed by atoms with Gasteiger partial charge in [-0.3, -0.25) is 0 Å². The molecule has 0 amide bonds. The highest BCUT2D eigenvalue weighted by molar-refractivity contribution is 5.39. The van der Waals surface area contributed by atoms with E-state index in [0.717, 1.165) is 6.42 Å². The standard InChI is InChI=1S/C17H20FNO/c1-12-7-4-5-8-13(12)11-15(19-2)17-14(18)9-6-10-16(17)20-3/h4-10,15,19H,11H2,1-3H3. The average molecular weight is 273 g/mol. The van der Waals surface area contributed by atoms with Crippen molar-refractivity contribution in [3.8, 4) is 5.75 Å². The molecule has 0 saturated heterocycles. The molecule has 0 aliphatic heterocycles. The van der Waals surface area contributed by atoms with E-state index in [1.54, 1.807) is 19.2 Å². The van der Waals surface area contributed by atoms with Gasteiger partial charge in [-0.2, -0.15) is 0 Å². The molecule has 0 bridgehead atoms. The fraction of sp³-hybridized carbons (Fsp3) is 0.294. The van der Waals surface area contributed by atoms with Gasteiger partial charge in [-0.1, -0.05) is 30.3 Å². The third kappa shape index (κ3) is 2.99. The van der Waals surface area contributed by atoms with Gasteiger partial charge in [-0.15, -0.1) is 0 Å². The monoisotopic (exact) mass is 273 g/mol. The molecule has 0 aliphatic rings. The number of likely N-dealkylation sites (N-methyl/N-ethyl adjacent to an activating group) is 1. The van der Waals surface area contributed by atoms with E-state index in [4.69, 9.17) is 4.74 Å². The van der Waals surface area contributed by atoms with E-state index in [0.29, 0.717) is 11.3 Å². The maximum atomic E-state index is 14.2. The second-order valence-electron chi connectivity index (χ2n) is 4.83. The van der Waals surface area contributed by atoms with Crippen molar-refractivity contribution in [3.63, 3.8) is 0 Å². The molecule has 106 valence electrons. The molecule has 1 atom stereocenters. The van der Waals surface area contributed by atoms with Crippen LogP contribution in [0.1, 0.15) is 22.7 Å². The van der Waals surface area contributed by atoms with Crippen molar-refractivity contribution in [1.82, 2.24) is 5.32 Å². The van der Waals surface area contributed by atoms with Crippen LogP contribution >= 0.6 is 0 Å². The molecule has 2 aromatic rings. The topological polar surface area (TPSA) is 21.3 Å². The Kier molecular flexibility index (Phi) is 4.74. The number of benzene rings is 2. The lowest BCUT2D eigenvalue weighted by molar-refractivity contribution is 0.393. The Labute approximate surface area is 119 Å². The molecule has 0 radical (unpaired) electrons.